The third-order valence-electron chi connectivity index (χ3n) is 7.49. The topological polar surface area (TPSA) is 78.0 Å². The lowest BCUT2D eigenvalue weighted by molar-refractivity contribution is -0.135. The van der Waals surface area contributed by atoms with E-state index in [0.717, 1.165) is 31.6 Å². The Labute approximate surface area is 161 Å². The summed E-state index contributed by atoms with van der Waals surface area (Å²) in [5, 5.41) is 8.02. The van der Waals surface area contributed by atoms with Crippen LogP contribution in [0.15, 0.2) is 5.16 Å². The minimum Gasteiger partial charge on any atom is -0.399 e. The van der Waals surface area contributed by atoms with Crippen LogP contribution in [0.5, 0.6) is 0 Å². The number of hydrogen-bond acceptors (Lipinski definition) is 6. The van der Waals surface area contributed by atoms with Gasteiger partial charge in [-0.1, -0.05) is 18.0 Å². The van der Waals surface area contributed by atoms with E-state index in [1.807, 2.05) is 0 Å². The maximum Gasteiger partial charge on any atom is 0.239 e. The lowest BCUT2D eigenvalue weighted by Crippen LogP contribution is -2.54. The van der Waals surface area contributed by atoms with E-state index in [4.69, 9.17) is 4.84 Å². The summed E-state index contributed by atoms with van der Waals surface area (Å²) < 4.78 is 0. The van der Waals surface area contributed by atoms with Crippen molar-refractivity contribution in [1.82, 2.24) is 21.1 Å². The number of fused-ring (bicyclic) bond motifs is 2. The van der Waals surface area contributed by atoms with Gasteiger partial charge in [-0.2, -0.15) is 0 Å². The van der Waals surface area contributed by atoms with Crippen LogP contribution in [0.4, 0.5) is 0 Å². The summed E-state index contributed by atoms with van der Waals surface area (Å²) in [6, 6.07) is 1.20. The van der Waals surface area contributed by atoms with E-state index >= 15 is 0 Å². The van der Waals surface area contributed by atoms with Gasteiger partial charge in [0, 0.05) is 37.0 Å². The van der Waals surface area contributed by atoms with Gasteiger partial charge in [-0.05, 0) is 44.4 Å². The quantitative estimate of drug-likeness (QED) is 0.505. The Hall–Kier alpha value is -1.18. The van der Waals surface area contributed by atoms with Crippen molar-refractivity contribution in [1.29, 1.82) is 0 Å². The second-order valence-corrected chi connectivity index (χ2v) is 9.19. The zero-order valence-electron chi connectivity index (χ0n) is 16.3. The highest BCUT2D eigenvalue weighted by atomic mass is 16.6. The summed E-state index contributed by atoms with van der Waals surface area (Å²) in [5.74, 6) is 1.96. The zero-order valence-corrected chi connectivity index (χ0v) is 16.3. The third kappa shape index (κ3) is 3.38. The van der Waals surface area contributed by atoms with Gasteiger partial charge < -0.3 is 15.1 Å². The summed E-state index contributed by atoms with van der Waals surface area (Å²) in [4.78, 5) is 20.5. The van der Waals surface area contributed by atoms with Crippen LogP contribution in [-0.4, -0.2) is 60.9 Å². The zero-order chi connectivity index (χ0) is 18.4. The normalized spacial score (nSPS) is 42.0. The second kappa shape index (κ2) is 7.33. The summed E-state index contributed by atoms with van der Waals surface area (Å²) in [6.45, 7) is 1.67. The molecule has 0 radical (unpaired) electrons. The van der Waals surface area contributed by atoms with Crippen LogP contribution in [0.25, 0.3) is 0 Å². The molecule has 6 unspecified atom stereocenters. The minimum absolute atomic E-state index is 0.0333. The maximum atomic E-state index is 13.2. The average molecular weight is 376 g/mol. The predicted octanol–water partition coefficient (Wildman–Crippen LogP) is 1.01. The number of oxime groups is 1. The van der Waals surface area contributed by atoms with Crippen molar-refractivity contribution in [3.8, 4) is 0 Å². The molecule has 2 saturated carbocycles. The van der Waals surface area contributed by atoms with Crippen LogP contribution in [0.3, 0.4) is 0 Å². The molecule has 0 aromatic heterocycles. The molecular formula is C20H33N5O2. The van der Waals surface area contributed by atoms with Crippen molar-refractivity contribution in [2.75, 3.05) is 20.2 Å². The SMILES string of the molecule is CO/N=C(\C1CC1)C1NNC2CCN(C(=O)C3CC4CCCCC4N3)CC21. The average Bonchev–Trinajstić information content (AvgIpc) is 3.30. The molecule has 1 amide bonds. The number of hydrazine groups is 1. The fourth-order valence-corrected chi connectivity index (χ4v) is 5.90. The first-order valence-electron chi connectivity index (χ1n) is 10.9. The lowest BCUT2D eigenvalue weighted by atomic mass is 9.84. The van der Waals surface area contributed by atoms with E-state index in [0.29, 0.717) is 35.7 Å². The first-order chi connectivity index (χ1) is 13.2. The van der Waals surface area contributed by atoms with Gasteiger partial charge in [0.25, 0.3) is 0 Å². The van der Waals surface area contributed by atoms with Crippen molar-refractivity contribution < 1.29 is 9.63 Å². The molecule has 0 aromatic rings. The van der Waals surface area contributed by atoms with Crippen molar-refractivity contribution in [2.24, 2.45) is 22.9 Å². The van der Waals surface area contributed by atoms with Crippen molar-refractivity contribution in [2.45, 2.75) is 75.5 Å². The van der Waals surface area contributed by atoms with Gasteiger partial charge in [-0.3, -0.25) is 10.2 Å². The van der Waals surface area contributed by atoms with Gasteiger partial charge in [0.05, 0.1) is 17.8 Å². The molecule has 0 bridgehead atoms. The minimum atomic E-state index is 0.0333. The largest absolute Gasteiger partial charge is 0.399 e. The Kier molecular flexibility index (Phi) is 4.86. The summed E-state index contributed by atoms with van der Waals surface area (Å²) in [5.41, 5.74) is 8.06. The van der Waals surface area contributed by atoms with Crippen molar-refractivity contribution in [3.63, 3.8) is 0 Å². The molecule has 7 heteroatoms. The summed E-state index contributed by atoms with van der Waals surface area (Å²) in [6.07, 6.45) is 9.62. The number of likely N-dealkylation sites (tertiary alicyclic amines) is 1. The molecule has 0 spiro atoms. The van der Waals surface area contributed by atoms with Crippen LogP contribution in [0, 0.1) is 17.8 Å². The first kappa shape index (κ1) is 17.9. The number of amides is 1. The Morgan fingerprint density at radius 3 is 2.70 bits per heavy atom. The van der Waals surface area contributed by atoms with Crippen LogP contribution in [-0.2, 0) is 9.63 Å². The lowest BCUT2D eigenvalue weighted by Gasteiger charge is -2.37. The predicted molar refractivity (Wildman–Crippen MR) is 103 cm³/mol. The maximum absolute atomic E-state index is 13.2. The molecule has 6 atom stereocenters. The van der Waals surface area contributed by atoms with E-state index in [-0.39, 0.29) is 12.1 Å². The number of nitrogens with one attached hydrogen (secondary N) is 3. The third-order valence-corrected chi connectivity index (χ3v) is 7.49. The molecule has 7 nitrogen and oxygen atoms in total. The number of carbonyl (C=O) groups is 1. The Morgan fingerprint density at radius 2 is 1.93 bits per heavy atom. The highest BCUT2D eigenvalue weighted by Crippen LogP contribution is 2.37. The number of carbonyl (C=O) groups excluding carboxylic acids is 1. The number of hydrogen-bond donors (Lipinski definition) is 3. The van der Waals surface area contributed by atoms with Gasteiger partial charge in [0.1, 0.15) is 7.11 Å². The number of nitrogens with zero attached hydrogens (tertiary/aromatic N) is 2. The Balaban J connectivity index is 1.26. The molecule has 3 saturated heterocycles. The van der Waals surface area contributed by atoms with E-state index in [1.165, 1.54) is 38.5 Å². The second-order valence-electron chi connectivity index (χ2n) is 9.19. The van der Waals surface area contributed by atoms with Gasteiger partial charge in [-0.15, -0.1) is 0 Å². The van der Waals surface area contributed by atoms with Crippen LogP contribution < -0.4 is 16.2 Å². The molecule has 3 N–H and O–H groups in total. The number of piperidine rings is 1. The van der Waals surface area contributed by atoms with Gasteiger partial charge in [0.2, 0.25) is 5.91 Å². The molecule has 5 aliphatic rings. The van der Waals surface area contributed by atoms with Crippen LogP contribution in [0.2, 0.25) is 0 Å². The molecule has 2 aliphatic carbocycles. The fourth-order valence-electron chi connectivity index (χ4n) is 5.90. The van der Waals surface area contributed by atoms with E-state index in [1.54, 1.807) is 7.11 Å². The standard InChI is InChI=1S/C20H33N5O2/c1-27-24-18(12-6-7-12)19-14-11-25(9-8-16(14)22-23-19)20(26)17-10-13-4-2-3-5-15(13)21-17/h12-17,19,21-23H,2-11H2,1H3/b24-18+. The van der Waals surface area contributed by atoms with Crippen molar-refractivity contribution in [3.05, 3.63) is 0 Å². The molecule has 5 fully saturated rings. The monoisotopic (exact) mass is 375 g/mol. The smallest absolute Gasteiger partial charge is 0.239 e. The fraction of sp³-hybridized carbons (Fsp3) is 0.900. The van der Waals surface area contributed by atoms with Crippen LogP contribution in [0.1, 0.15) is 51.4 Å². The van der Waals surface area contributed by atoms with Gasteiger partial charge in [0.15, 0.2) is 0 Å². The Morgan fingerprint density at radius 1 is 1.07 bits per heavy atom. The molecule has 3 heterocycles. The summed E-state index contributed by atoms with van der Waals surface area (Å²) >= 11 is 0. The first-order valence-corrected chi connectivity index (χ1v) is 10.9. The number of rotatable bonds is 4. The summed E-state index contributed by atoms with van der Waals surface area (Å²) in [7, 11) is 1.63. The highest BCUT2D eigenvalue weighted by molar-refractivity contribution is 5.93. The highest BCUT2D eigenvalue weighted by Gasteiger charge is 2.48. The van der Waals surface area contributed by atoms with E-state index < -0.39 is 0 Å². The molecule has 27 heavy (non-hydrogen) atoms. The van der Waals surface area contributed by atoms with Gasteiger partial charge >= 0.3 is 0 Å². The van der Waals surface area contributed by atoms with Crippen molar-refractivity contribution >= 4 is 11.6 Å². The molecule has 150 valence electrons. The molecule has 0 aromatic carbocycles. The van der Waals surface area contributed by atoms with E-state index in [9.17, 15) is 4.79 Å². The molecule has 3 aliphatic heterocycles. The van der Waals surface area contributed by atoms with Crippen LogP contribution >= 0.6 is 0 Å². The molecule has 5 rings (SSSR count). The Bertz CT molecular complexity index is 593. The van der Waals surface area contributed by atoms with Gasteiger partial charge in [-0.25, -0.2) is 5.43 Å². The van der Waals surface area contributed by atoms with E-state index in [2.05, 4.69) is 26.2 Å². The molecular weight excluding hydrogens is 342 g/mol.